The van der Waals surface area contributed by atoms with Crippen LogP contribution in [0.4, 0.5) is 0 Å². The minimum atomic E-state index is -0.139. The first-order chi connectivity index (χ1) is 13.3. The Kier molecular flexibility index (Phi) is 4.90. The number of aliphatic hydroxyl groups is 2. The molecule has 0 aromatic rings. The summed E-state index contributed by atoms with van der Waals surface area (Å²) < 4.78 is 0. The van der Waals surface area contributed by atoms with E-state index in [0.29, 0.717) is 17.4 Å². The zero-order valence-electron chi connectivity index (χ0n) is 18.3. The van der Waals surface area contributed by atoms with Crippen molar-refractivity contribution in [3.63, 3.8) is 0 Å². The highest BCUT2D eigenvalue weighted by Gasteiger charge is 2.61. The van der Waals surface area contributed by atoms with E-state index >= 15 is 0 Å². The lowest BCUT2D eigenvalue weighted by Crippen LogP contribution is -2.61. The van der Waals surface area contributed by atoms with Crippen LogP contribution >= 0.6 is 0 Å². The Bertz CT molecular complexity index is 591. The molecule has 0 radical (unpaired) electrons. The Hall–Kier alpha value is -0.160. The van der Waals surface area contributed by atoms with E-state index in [1.807, 2.05) is 0 Å². The summed E-state index contributed by atoms with van der Waals surface area (Å²) in [5.41, 5.74) is 0.556. The van der Waals surface area contributed by atoms with Crippen molar-refractivity contribution in [3.05, 3.63) is 0 Å². The zero-order chi connectivity index (χ0) is 19.7. The first-order valence-corrected chi connectivity index (χ1v) is 12.1. The molecule has 4 aliphatic carbocycles. The lowest BCUT2D eigenvalue weighted by atomic mass is 9.44. The molecule has 5 fully saturated rings. The topological polar surface area (TPSA) is 46.9 Å². The van der Waals surface area contributed by atoms with E-state index < -0.39 is 0 Å². The van der Waals surface area contributed by atoms with Crippen molar-refractivity contribution in [2.45, 2.75) is 83.5 Å². The number of aliphatic hydroxyl groups excluding tert-OH is 2. The molecule has 28 heavy (non-hydrogen) atoms. The minimum absolute atomic E-state index is 0.0738. The van der Waals surface area contributed by atoms with Crippen LogP contribution in [0.3, 0.4) is 0 Å². The average molecular weight is 391 g/mol. The molecular weight excluding hydrogens is 348 g/mol. The van der Waals surface area contributed by atoms with Gasteiger partial charge in [0.15, 0.2) is 0 Å². The molecule has 4 heteroatoms. The lowest BCUT2D eigenvalue weighted by molar-refractivity contribution is -0.155. The Morgan fingerprint density at radius 1 is 0.821 bits per heavy atom. The molecule has 4 unspecified atom stereocenters. The standard InChI is InChI=1S/C24H42N2O2/c1-23-9-8-19-17(18(23)6-7-22(23)28)5-4-16-14-21(27)20(15-24(16,19)2)26-12-10-25(3)11-13-26/h16-22,27-28H,4-15H2,1-3H3/t16?,17-,18-,19+,20?,21?,22?,23-,24-/m0/s1. The van der Waals surface area contributed by atoms with E-state index in [-0.39, 0.29) is 17.6 Å². The number of fused-ring (bicyclic) bond motifs is 5. The van der Waals surface area contributed by atoms with Crippen molar-refractivity contribution in [2.24, 2.45) is 34.5 Å². The van der Waals surface area contributed by atoms with E-state index in [4.69, 9.17) is 0 Å². The van der Waals surface area contributed by atoms with Crippen LogP contribution < -0.4 is 0 Å². The first kappa shape index (κ1) is 19.8. The Morgan fingerprint density at radius 3 is 2.29 bits per heavy atom. The third kappa shape index (κ3) is 2.85. The SMILES string of the molecule is CN1CCN(C2C[C@@]3(C)C(CC[C@@H]4[C@H]3CC[C@]3(C)C(O)CC[C@@H]43)CC2O)CC1. The van der Waals surface area contributed by atoms with E-state index in [9.17, 15) is 10.2 Å². The second kappa shape index (κ2) is 6.93. The summed E-state index contributed by atoms with van der Waals surface area (Å²) in [6, 6.07) is 0.358. The fourth-order valence-electron chi connectivity index (χ4n) is 8.77. The van der Waals surface area contributed by atoms with Crippen LogP contribution in [0, 0.1) is 34.5 Å². The highest BCUT2D eigenvalue weighted by atomic mass is 16.3. The van der Waals surface area contributed by atoms with Crippen LogP contribution in [-0.4, -0.2) is 71.5 Å². The molecule has 1 heterocycles. The highest BCUT2D eigenvalue weighted by molar-refractivity contribution is 5.11. The predicted molar refractivity (Wildman–Crippen MR) is 112 cm³/mol. The fourth-order valence-corrected chi connectivity index (χ4v) is 8.77. The van der Waals surface area contributed by atoms with Crippen molar-refractivity contribution in [3.8, 4) is 0 Å². The van der Waals surface area contributed by atoms with E-state index in [1.54, 1.807) is 0 Å². The Balaban J connectivity index is 1.38. The van der Waals surface area contributed by atoms with Gasteiger partial charge in [0.05, 0.1) is 12.2 Å². The van der Waals surface area contributed by atoms with Gasteiger partial charge in [0.25, 0.3) is 0 Å². The van der Waals surface area contributed by atoms with Crippen LogP contribution in [0.25, 0.3) is 0 Å². The summed E-state index contributed by atoms with van der Waals surface area (Å²) in [6.07, 6.45) is 9.40. The van der Waals surface area contributed by atoms with Gasteiger partial charge in [0, 0.05) is 32.2 Å². The van der Waals surface area contributed by atoms with Crippen LogP contribution in [0.5, 0.6) is 0 Å². The number of piperazine rings is 1. The minimum Gasteiger partial charge on any atom is -0.393 e. The summed E-state index contributed by atoms with van der Waals surface area (Å²) in [7, 11) is 2.22. The van der Waals surface area contributed by atoms with E-state index in [1.165, 1.54) is 38.5 Å². The van der Waals surface area contributed by atoms with Crippen molar-refractivity contribution >= 4 is 0 Å². The van der Waals surface area contributed by atoms with Crippen molar-refractivity contribution in [2.75, 3.05) is 33.2 Å². The molecule has 9 atom stereocenters. The molecule has 1 saturated heterocycles. The van der Waals surface area contributed by atoms with Gasteiger partial charge in [-0.1, -0.05) is 13.8 Å². The summed E-state index contributed by atoms with van der Waals surface area (Å²) in [4.78, 5) is 5.03. The summed E-state index contributed by atoms with van der Waals surface area (Å²) in [6.45, 7) is 9.47. The van der Waals surface area contributed by atoms with Gasteiger partial charge in [-0.3, -0.25) is 4.90 Å². The second-order valence-corrected chi connectivity index (χ2v) is 11.7. The van der Waals surface area contributed by atoms with Crippen molar-refractivity contribution < 1.29 is 10.2 Å². The van der Waals surface area contributed by atoms with Crippen molar-refractivity contribution in [1.82, 2.24) is 9.80 Å². The molecule has 1 aliphatic heterocycles. The maximum absolute atomic E-state index is 11.1. The molecule has 4 saturated carbocycles. The largest absolute Gasteiger partial charge is 0.393 e. The second-order valence-electron chi connectivity index (χ2n) is 11.7. The maximum Gasteiger partial charge on any atom is 0.0698 e. The molecule has 2 N–H and O–H groups in total. The fraction of sp³-hybridized carbons (Fsp3) is 1.00. The lowest BCUT2D eigenvalue weighted by Gasteiger charge is -2.62. The first-order valence-electron chi connectivity index (χ1n) is 12.1. The number of rotatable bonds is 1. The van der Waals surface area contributed by atoms with Gasteiger partial charge >= 0.3 is 0 Å². The molecule has 4 nitrogen and oxygen atoms in total. The van der Waals surface area contributed by atoms with Crippen LogP contribution in [-0.2, 0) is 0 Å². The normalized spacial score (nSPS) is 55.4. The summed E-state index contributed by atoms with van der Waals surface area (Å²) in [5.74, 6) is 3.04. The van der Waals surface area contributed by atoms with Crippen molar-refractivity contribution in [1.29, 1.82) is 0 Å². The molecular formula is C24H42N2O2. The van der Waals surface area contributed by atoms with Gasteiger partial charge in [-0.15, -0.1) is 0 Å². The molecule has 0 amide bonds. The Morgan fingerprint density at radius 2 is 1.54 bits per heavy atom. The predicted octanol–water partition coefficient (Wildman–Crippen LogP) is 2.98. The molecule has 0 aromatic carbocycles. The quantitative estimate of drug-likeness (QED) is 0.723. The van der Waals surface area contributed by atoms with Crippen LogP contribution in [0.15, 0.2) is 0 Å². The maximum atomic E-state index is 11.1. The number of hydrogen-bond acceptors (Lipinski definition) is 4. The highest BCUT2D eigenvalue weighted by Crippen LogP contribution is 2.66. The van der Waals surface area contributed by atoms with Crippen LogP contribution in [0.1, 0.15) is 65.2 Å². The van der Waals surface area contributed by atoms with Gasteiger partial charge in [0.2, 0.25) is 0 Å². The number of hydrogen-bond donors (Lipinski definition) is 2. The Labute approximate surface area is 171 Å². The third-order valence-electron chi connectivity index (χ3n) is 10.6. The zero-order valence-corrected chi connectivity index (χ0v) is 18.3. The summed E-state index contributed by atoms with van der Waals surface area (Å²) >= 11 is 0. The van der Waals surface area contributed by atoms with Gasteiger partial charge in [-0.25, -0.2) is 0 Å². The molecule has 5 aliphatic rings. The van der Waals surface area contributed by atoms with E-state index in [0.717, 1.165) is 56.8 Å². The van der Waals surface area contributed by atoms with Gasteiger partial charge in [0.1, 0.15) is 0 Å². The van der Waals surface area contributed by atoms with E-state index in [2.05, 4.69) is 30.7 Å². The third-order valence-corrected chi connectivity index (χ3v) is 10.6. The molecule has 160 valence electrons. The number of nitrogens with zero attached hydrogens (tertiary/aromatic N) is 2. The number of likely N-dealkylation sites (N-methyl/N-ethyl adjacent to an activating group) is 1. The smallest absolute Gasteiger partial charge is 0.0698 e. The molecule has 5 rings (SSSR count). The average Bonchev–Trinajstić information content (AvgIpc) is 2.98. The van der Waals surface area contributed by atoms with Crippen LogP contribution in [0.2, 0.25) is 0 Å². The molecule has 0 spiro atoms. The van der Waals surface area contributed by atoms with Gasteiger partial charge < -0.3 is 15.1 Å². The molecule has 0 bridgehead atoms. The van der Waals surface area contributed by atoms with Gasteiger partial charge in [-0.2, -0.15) is 0 Å². The molecule has 0 aromatic heterocycles. The summed E-state index contributed by atoms with van der Waals surface area (Å²) in [5, 5.41) is 21.8. The van der Waals surface area contributed by atoms with Gasteiger partial charge in [-0.05, 0) is 92.9 Å². The monoisotopic (exact) mass is 390 g/mol.